The first-order chi connectivity index (χ1) is 8.59. The Labute approximate surface area is 110 Å². The van der Waals surface area contributed by atoms with Gasteiger partial charge in [-0.2, -0.15) is 0 Å². The van der Waals surface area contributed by atoms with Gasteiger partial charge in [0, 0.05) is 6.04 Å². The fourth-order valence-corrected chi connectivity index (χ4v) is 2.48. The van der Waals surface area contributed by atoms with E-state index in [2.05, 4.69) is 9.97 Å². The monoisotopic (exact) mass is 269 g/mol. The molecule has 0 aromatic carbocycles. The van der Waals surface area contributed by atoms with Crippen molar-refractivity contribution >= 4 is 29.0 Å². The summed E-state index contributed by atoms with van der Waals surface area (Å²) in [7, 11) is 0. The summed E-state index contributed by atoms with van der Waals surface area (Å²) in [6, 6.07) is 0.241. The van der Waals surface area contributed by atoms with Crippen molar-refractivity contribution in [3.8, 4) is 0 Å². The highest BCUT2D eigenvalue weighted by Crippen LogP contribution is 2.32. The van der Waals surface area contributed by atoms with Crippen LogP contribution in [0.4, 0.5) is 11.5 Å². The second-order valence-corrected chi connectivity index (χ2v) is 4.79. The van der Waals surface area contributed by atoms with Crippen molar-refractivity contribution in [3.05, 3.63) is 11.5 Å². The smallest absolute Gasteiger partial charge is 0.237 e. The van der Waals surface area contributed by atoms with E-state index in [1.807, 2.05) is 4.90 Å². The van der Waals surface area contributed by atoms with Gasteiger partial charge in [-0.1, -0.05) is 24.4 Å². The lowest BCUT2D eigenvalue weighted by molar-refractivity contribution is -0.116. The van der Waals surface area contributed by atoms with Crippen molar-refractivity contribution in [3.63, 3.8) is 0 Å². The number of hydrogen-bond acceptors (Lipinski definition) is 5. The summed E-state index contributed by atoms with van der Waals surface area (Å²) >= 11 is 5.88. The van der Waals surface area contributed by atoms with Crippen LogP contribution in [0.5, 0.6) is 0 Å². The van der Waals surface area contributed by atoms with E-state index in [0.29, 0.717) is 11.5 Å². The number of nitrogens with zero attached hydrogens (tertiary/aromatic N) is 3. The van der Waals surface area contributed by atoms with Gasteiger partial charge in [-0.15, -0.1) is 0 Å². The predicted octanol–water partition coefficient (Wildman–Crippen LogP) is 0.947. The standard InChI is InChI=1S/C11H16ClN5O/c12-10-9(14)11(16-6-15-10)17(5-8(13)18)7-3-1-2-4-7/h6-7H,1-5,14H2,(H2,13,18). The number of nitrogen functional groups attached to an aromatic ring is 1. The molecule has 0 radical (unpaired) electrons. The highest BCUT2D eigenvalue weighted by atomic mass is 35.5. The highest BCUT2D eigenvalue weighted by molar-refractivity contribution is 6.32. The summed E-state index contributed by atoms with van der Waals surface area (Å²) < 4.78 is 0. The molecule has 0 spiro atoms. The van der Waals surface area contributed by atoms with Gasteiger partial charge in [0.1, 0.15) is 12.0 Å². The van der Waals surface area contributed by atoms with E-state index in [-0.39, 0.29) is 17.7 Å². The van der Waals surface area contributed by atoms with E-state index in [1.54, 1.807) is 0 Å². The van der Waals surface area contributed by atoms with Gasteiger partial charge >= 0.3 is 0 Å². The molecule has 0 atom stereocenters. The molecular formula is C11H16ClN5O. The number of amides is 1. The zero-order valence-electron chi connectivity index (χ0n) is 9.97. The van der Waals surface area contributed by atoms with Gasteiger partial charge in [-0.05, 0) is 12.8 Å². The minimum atomic E-state index is -0.406. The molecule has 1 saturated carbocycles. The third kappa shape index (κ3) is 2.64. The Morgan fingerprint density at radius 2 is 2.11 bits per heavy atom. The lowest BCUT2D eigenvalue weighted by atomic mass is 10.2. The number of aromatic nitrogens is 2. The number of hydrogen-bond donors (Lipinski definition) is 2. The Balaban J connectivity index is 2.32. The van der Waals surface area contributed by atoms with Crippen LogP contribution in [0.1, 0.15) is 25.7 Å². The Morgan fingerprint density at radius 1 is 1.44 bits per heavy atom. The van der Waals surface area contributed by atoms with Crippen LogP contribution in [0.2, 0.25) is 5.15 Å². The molecule has 1 aromatic rings. The van der Waals surface area contributed by atoms with E-state index < -0.39 is 5.91 Å². The van der Waals surface area contributed by atoms with Gasteiger partial charge in [0.05, 0.1) is 6.54 Å². The Bertz CT molecular complexity index is 447. The van der Waals surface area contributed by atoms with Crippen molar-refractivity contribution in [2.24, 2.45) is 5.73 Å². The Morgan fingerprint density at radius 3 is 2.72 bits per heavy atom. The number of rotatable bonds is 4. The van der Waals surface area contributed by atoms with E-state index in [4.69, 9.17) is 23.1 Å². The maximum Gasteiger partial charge on any atom is 0.237 e. The minimum absolute atomic E-state index is 0.0994. The van der Waals surface area contributed by atoms with Crippen LogP contribution >= 0.6 is 11.6 Å². The summed E-state index contributed by atoms with van der Waals surface area (Å²) in [6.07, 6.45) is 5.64. The lowest BCUT2D eigenvalue weighted by Gasteiger charge is -2.29. The molecule has 98 valence electrons. The van der Waals surface area contributed by atoms with Crippen LogP contribution in [0, 0.1) is 0 Å². The second-order valence-electron chi connectivity index (χ2n) is 4.43. The number of nitrogens with two attached hydrogens (primary N) is 2. The Hall–Kier alpha value is -1.56. The van der Waals surface area contributed by atoms with Crippen LogP contribution < -0.4 is 16.4 Å². The molecule has 4 N–H and O–H groups in total. The normalized spacial score (nSPS) is 15.8. The fraction of sp³-hybridized carbons (Fsp3) is 0.545. The lowest BCUT2D eigenvalue weighted by Crippen LogP contribution is -2.41. The largest absolute Gasteiger partial charge is 0.393 e. The summed E-state index contributed by atoms with van der Waals surface area (Å²) in [6.45, 7) is 0.0994. The van der Waals surface area contributed by atoms with Crippen molar-refractivity contribution in [2.45, 2.75) is 31.7 Å². The molecule has 0 unspecified atom stereocenters. The number of primary amides is 1. The average Bonchev–Trinajstić information content (AvgIpc) is 2.83. The zero-order valence-corrected chi connectivity index (χ0v) is 10.7. The third-order valence-corrected chi connectivity index (χ3v) is 3.48. The Kier molecular flexibility index (Phi) is 3.86. The molecule has 0 aliphatic heterocycles. The van der Waals surface area contributed by atoms with Crippen LogP contribution in [0.3, 0.4) is 0 Å². The van der Waals surface area contributed by atoms with E-state index in [0.717, 1.165) is 25.7 Å². The van der Waals surface area contributed by atoms with Crippen LogP contribution in [0.25, 0.3) is 0 Å². The van der Waals surface area contributed by atoms with E-state index >= 15 is 0 Å². The van der Waals surface area contributed by atoms with Crippen molar-refractivity contribution in [1.29, 1.82) is 0 Å². The zero-order chi connectivity index (χ0) is 13.1. The molecule has 0 saturated heterocycles. The molecule has 1 aromatic heterocycles. The van der Waals surface area contributed by atoms with Crippen LogP contribution in [0.15, 0.2) is 6.33 Å². The summed E-state index contributed by atoms with van der Waals surface area (Å²) in [5.41, 5.74) is 11.5. The summed E-state index contributed by atoms with van der Waals surface area (Å²) in [5, 5.41) is 0.201. The maximum atomic E-state index is 11.2. The average molecular weight is 270 g/mol. The topological polar surface area (TPSA) is 98.1 Å². The van der Waals surface area contributed by atoms with Crippen LogP contribution in [-0.4, -0.2) is 28.5 Å². The molecule has 6 nitrogen and oxygen atoms in total. The number of carbonyl (C=O) groups is 1. The molecule has 1 aliphatic rings. The number of carbonyl (C=O) groups excluding carboxylic acids is 1. The molecule has 2 rings (SSSR count). The van der Waals surface area contributed by atoms with Gasteiger partial charge in [0.2, 0.25) is 5.91 Å². The fourth-order valence-electron chi connectivity index (χ4n) is 2.36. The molecule has 18 heavy (non-hydrogen) atoms. The molecule has 0 bridgehead atoms. The van der Waals surface area contributed by atoms with Gasteiger partial charge in [0.15, 0.2) is 11.0 Å². The molecular weight excluding hydrogens is 254 g/mol. The predicted molar refractivity (Wildman–Crippen MR) is 70.3 cm³/mol. The third-order valence-electron chi connectivity index (χ3n) is 3.18. The molecule has 1 aliphatic carbocycles. The minimum Gasteiger partial charge on any atom is -0.393 e. The quantitative estimate of drug-likeness (QED) is 0.793. The number of halogens is 1. The molecule has 1 heterocycles. The first kappa shape index (κ1) is 12.9. The molecule has 1 amide bonds. The second kappa shape index (κ2) is 5.39. The van der Waals surface area contributed by atoms with E-state index in [9.17, 15) is 4.79 Å². The SMILES string of the molecule is NC(=O)CN(c1ncnc(Cl)c1N)C1CCCC1. The maximum absolute atomic E-state index is 11.2. The van der Waals surface area contributed by atoms with Gasteiger partial charge < -0.3 is 16.4 Å². The van der Waals surface area contributed by atoms with Crippen molar-refractivity contribution in [2.75, 3.05) is 17.2 Å². The van der Waals surface area contributed by atoms with Gasteiger partial charge in [0.25, 0.3) is 0 Å². The van der Waals surface area contributed by atoms with Crippen molar-refractivity contribution < 1.29 is 4.79 Å². The number of anilines is 2. The first-order valence-electron chi connectivity index (χ1n) is 5.90. The first-order valence-corrected chi connectivity index (χ1v) is 6.28. The van der Waals surface area contributed by atoms with Gasteiger partial charge in [-0.25, -0.2) is 9.97 Å². The summed E-state index contributed by atoms with van der Waals surface area (Å²) in [5.74, 6) is 0.0942. The molecule has 7 heteroatoms. The van der Waals surface area contributed by atoms with Gasteiger partial charge in [-0.3, -0.25) is 4.79 Å². The summed E-state index contributed by atoms with van der Waals surface area (Å²) in [4.78, 5) is 21.0. The highest BCUT2D eigenvalue weighted by Gasteiger charge is 2.27. The van der Waals surface area contributed by atoms with E-state index in [1.165, 1.54) is 6.33 Å². The molecule has 1 fully saturated rings. The van der Waals surface area contributed by atoms with Crippen molar-refractivity contribution in [1.82, 2.24) is 9.97 Å². The van der Waals surface area contributed by atoms with Crippen LogP contribution in [-0.2, 0) is 4.79 Å².